The van der Waals surface area contributed by atoms with E-state index in [9.17, 15) is 9.59 Å². The molecule has 0 saturated carbocycles. The minimum atomic E-state index is -0.464. The third-order valence-electron chi connectivity index (χ3n) is 2.99. The summed E-state index contributed by atoms with van der Waals surface area (Å²) in [4.78, 5) is 23.8. The van der Waals surface area contributed by atoms with Gasteiger partial charge in [-0.05, 0) is 55.5 Å². The molecule has 2 amide bonds. The molecular weight excluding hydrogens is 294 g/mol. The first-order valence-corrected chi connectivity index (χ1v) is 6.97. The molecule has 2 rings (SSSR count). The van der Waals surface area contributed by atoms with Crippen LogP contribution in [0.5, 0.6) is 5.75 Å². The average molecular weight is 309 g/mol. The molecule has 0 aliphatic carbocycles. The number of hydrazine groups is 1. The van der Waals surface area contributed by atoms with Crippen LogP contribution in [0.1, 0.15) is 33.2 Å². The van der Waals surface area contributed by atoms with Crippen LogP contribution in [0.15, 0.2) is 48.5 Å². The highest BCUT2D eigenvalue weighted by Crippen LogP contribution is 2.11. The molecule has 23 heavy (non-hydrogen) atoms. The smallest absolute Gasteiger partial charge is 0.269 e. The van der Waals surface area contributed by atoms with Crippen molar-refractivity contribution < 1.29 is 14.3 Å². The summed E-state index contributed by atoms with van der Waals surface area (Å²) in [6, 6.07) is 14.6. The number of benzene rings is 2. The van der Waals surface area contributed by atoms with Gasteiger partial charge in [0.15, 0.2) is 0 Å². The number of amides is 2. The summed E-state index contributed by atoms with van der Waals surface area (Å²) in [6.07, 6.45) is 0. The molecule has 0 saturated heterocycles. The number of rotatable bonds is 4. The van der Waals surface area contributed by atoms with Crippen molar-refractivity contribution in [3.63, 3.8) is 0 Å². The van der Waals surface area contributed by atoms with E-state index in [0.29, 0.717) is 29.0 Å². The maximum Gasteiger partial charge on any atom is 0.269 e. The number of carbonyl (C=O) groups excluding carboxylic acids is 2. The first kappa shape index (κ1) is 16.0. The fourth-order valence-electron chi connectivity index (χ4n) is 1.82. The van der Waals surface area contributed by atoms with Crippen molar-refractivity contribution in [2.45, 2.75) is 6.92 Å². The second-order valence-electron chi connectivity index (χ2n) is 4.55. The fourth-order valence-corrected chi connectivity index (χ4v) is 1.82. The number of ether oxygens (including phenoxy) is 1. The second-order valence-corrected chi connectivity index (χ2v) is 4.55. The molecular formula is C17H15N3O3. The lowest BCUT2D eigenvalue weighted by atomic mass is 10.1. The summed E-state index contributed by atoms with van der Waals surface area (Å²) >= 11 is 0. The third kappa shape index (κ3) is 4.32. The summed E-state index contributed by atoms with van der Waals surface area (Å²) in [5, 5.41) is 8.71. The van der Waals surface area contributed by atoms with Gasteiger partial charge in [-0.25, -0.2) is 0 Å². The van der Waals surface area contributed by atoms with E-state index in [4.69, 9.17) is 10.00 Å². The Balaban J connectivity index is 1.92. The Labute approximate surface area is 133 Å². The SMILES string of the molecule is CCOc1ccc(C(=O)NNC(=O)c2ccc(C#N)cc2)cc1. The number of hydrogen-bond donors (Lipinski definition) is 2. The molecule has 116 valence electrons. The molecule has 0 atom stereocenters. The van der Waals surface area contributed by atoms with Crippen molar-refractivity contribution in [2.24, 2.45) is 0 Å². The van der Waals surface area contributed by atoms with Crippen LogP contribution < -0.4 is 15.6 Å². The van der Waals surface area contributed by atoms with Crippen LogP contribution in [0.3, 0.4) is 0 Å². The summed E-state index contributed by atoms with van der Waals surface area (Å²) in [5.41, 5.74) is 5.85. The molecule has 0 heterocycles. The second kappa shape index (κ2) is 7.61. The average Bonchev–Trinajstić information content (AvgIpc) is 2.60. The Hall–Kier alpha value is -3.33. The van der Waals surface area contributed by atoms with E-state index in [1.54, 1.807) is 24.3 Å². The van der Waals surface area contributed by atoms with Gasteiger partial charge in [0.25, 0.3) is 11.8 Å². The topological polar surface area (TPSA) is 91.2 Å². The molecule has 0 fully saturated rings. The van der Waals surface area contributed by atoms with Gasteiger partial charge in [-0.3, -0.25) is 20.4 Å². The number of carbonyl (C=O) groups is 2. The molecule has 0 aliphatic rings. The minimum Gasteiger partial charge on any atom is -0.494 e. The van der Waals surface area contributed by atoms with Gasteiger partial charge in [0.2, 0.25) is 0 Å². The van der Waals surface area contributed by atoms with Gasteiger partial charge in [-0.15, -0.1) is 0 Å². The zero-order valence-electron chi connectivity index (χ0n) is 12.5. The fraction of sp³-hybridized carbons (Fsp3) is 0.118. The first-order chi connectivity index (χ1) is 11.1. The molecule has 2 aromatic carbocycles. The monoisotopic (exact) mass is 309 g/mol. The number of nitrogens with zero attached hydrogens (tertiary/aromatic N) is 1. The molecule has 0 spiro atoms. The zero-order chi connectivity index (χ0) is 16.7. The Morgan fingerprint density at radius 3 is 1.87 bits per heavy atom. The lowest BCUT2D eigenvalue weighted by Crippen LogP contribution is -2.41. The number of nitriles is 1. The molecule has 0 unspecified atom stereocenters. The Kier molecular flexibility index (Phi) is 5.31. The number of hydrogen-bond acceptors (Lipinski definition) is 4. The van der Waals surface area contributed by atoms with Crippen LogP contribution in [-0.2, 0) is 0 Å². The van der Waals surface area contributed by atoms with Crippen LogP contribution in [-0.4, -0.2) is 18.4 Å². The van der Waals surface area contributed by atoms with Gasteiger partial charge >= 0.3 is 0 Å². The van der Waals surface area contributed by atoms with Crippen molar-refractivity contribution in [1.82, 2.24) is 10.9 Å². The first-order valence-electron chi connectivity index (χ1n) is 6.97. The van der Waals surface area contributed by atoms with E-state index in [2.05, 4.69) is 10.9 Å². The van der Waals surface area contributed by atoms with E-state index in [-0.39, 0.29) is 0 Å². The van der Waals surface area contributed by atoms with Gasteiger partial charge in [0.1, 0.15) is 5.75 Å². The molecule has 2 N–H and O–H groups in total. The van der Waals surface area contributed by atoms with Gasteiger partial charge in [0, 0.05) is 11.1 Å². The summed E-state index contributed by atoms with van der Waals surface area (Å²) < 4.78 is 5.29. The Morgan fingerprint density at radius 2 is 1.43 bits per heavy atom. The van der Waals surface area contributed by atoms with E-state index in [0.717, 1.165) is 0 Å². The van der Waals surface area contributed by atoms with E-state index in [1.165, 1.54) is 24.3 Å². The standard InChI is InChI=1S/C17H15N3O3/c1-2-23-15-9-7-14(8-10-15)17(22)20-19-16(21)13-5-3-12(11-18)4-6-13/h3-10H,2H2,1H3,(H,19,21)(H,20,22). The van der Waals surface area contributed by atoms with Crippen LogP contribution >= 0.6 is 0 Å². The highest BCUT2D eigenvalue weighted by Gasteiger charge is 2.09. The van der Waals surface area contributed by atoms with Crippen LogP contribution in [0.2, 0.25) is 0 Å². The summed E-state index contributed by atoms with van der Waals surface area (Å²) in [5.74, 6) is -0.227. The summed E-state index contributed by atoms with van der Waals surface area (Å²) in [7, 11) is 0. The van der Waals surface area contributed by atoms with Gasteiger partial charge in [-0.2, -0.15) is 5.26 Å². The number of nitrogens with one attached hydrogen (secondary N) is 2. The predicted octanol–water partition coefficient (Wildman–Crippen LogP) is 2.03. The normalized spacial score (nSPS) is 9.57. The molecule has 6 heteroatoms. The van der Waals surface area contributed by atoms with E-state index < -0.39 is 11.8 Å². The van der Waals surface area contributed by atoms with Crippen LogP contribution in [0, 0.1) is 11.3 Å². The van der Waals surface area contributed by atoms with Crippen molar-refractivity contribution in [2.75, 3.05) is 6.61 Å². The molecule has 0 aromatic heterocycles. The summed E-state index contributed by atoms with van der Waals surface area (Å²) in [6.45, 7) is 2.42. The Morgan fingerprint density at radius 1 is 0.957 bits per heavy atom. The minimum absolute atomic E-state index is 0.344. The Bertz CT molecular complexity index is 731. The van der Waals surface area contributed by atoms with Crippen LogP contribution in [0.4, 0.5) is 0 Å². The zero-order valence-corrected chi connectivity index (χ0v) is 12.5. The highest BCUT2D eigenvalue weighted by molar-refractivity contribution is 5.99. The lowest BCUT2D eigenvalue weighted by Gasteiger charge is -2.08. The van der Waals surface area contributed by atoms with Crippen molar-refractivity contribution in [3.05, 3.63) is 65.2 Å². The lowest BCUT2D eigenvalue weighted by molar-refractivity contribution is 0.0846. The molecule has 2 aromatic rings. The largest absolute Gasteiger partial charge is 0.494 e. The highest BCUT2D eigenvalue weighted by atomic mass is 16.5. The molecule has 6 nitrogen and oxygen atoms in total. The van der Waals surface area contributed by atoms with Crippen LogP contribution in [0.25, 0.3) is 0 Å². The van der Waals surface area contributed by atoms with Crippen molar-refractivity contribution >= 4 is 11.8 Å². The van der Waals surface area contributed by atoms with Gasteiger partial charge in [0.05, 0.1) is 18.2 Å². The van der Waals surface area contributed by atoms with Gasteiger partial charge < -0.3 is 4.74 Å². The third-order valence-corrected chi connectivity index (χ3v) is 2.99. The maximum atomic E-state index is 11.9. The van der Waals surface area contributed by atoms with Crippen molar-refractivity contribution in [1.29, 1.82) is 5.26 Å². The molecule has 0 bridgehead atoms. The van der Waals surface area contributed by atoms with E-state index >= 15 is 0 Å². The van der Waals surface area contributed by atoms with Gasteiger partial charge in [-0.1, -0.05) is 0 Å². The quantitative estimate of drug-likeness (QED) is 0.845. The molecule has 0 aliphatic heterocycles. The van der Waals surface area contributed by atoms with E-state index in [1.807, 2.05) is 13.0 Å². The maximum absolute atomic E-state index is 11.9. The predicted molar refractivity (Wildman–Crippen MR) is 83.7 cm³/mol. The van der Waals surface area contributed by atoms with Crippen molar-refractivity contribution in [3.8, 4) is 11.8 Å². The molecule has 0 radical (unpaired) electrons.